The summed E-state index contributed by atoms with van der Waals surface area (Å²) < 4.78 is 0. The lowest BCUT2D eigenvalue weighted by atomic mass is 9.99. The molecule has 406 valence electrons. The monoisotopic (exact) mass is 962 g/mol. The van der Waals surface area contributed by atoms with Gasteiger partial charge in [-0.15, -0.1) is 0 Å². The van der Waals surface area contributed by atoms with Gasteiger partial charge in [0.15, 0.2) is 0 Å². The van der Waals surface area contributed by atoms with Gasteiger partial charge >= 0.3 is 0 Å². The lowest BCUT2D eigenvalue weighted by molar-refractivity contribution is -0.132. The molecule has 68 heavy (non-hydrogen) atoms. The Bertz CT molecular complexity index is 990. The zero-order valence-electron chi connectivity index (χ0n) is 46.1. The second kappa shape index (κ2) is 57.0. The molecule has 0 aliphatic carbocycles. The van der Waals surface area contributed by atoms with Crippen LogP contribution in [-0.4, -0.2) is 57.3 Å². The molecule has 4 unspecified atom stereocenters. The number of carbonyl (C=O) groups is 1. The van der Waals surface area contributed by atoms with Gasteiger partial charge in [-0.25, -0.2) is 0 Å². The van der Waals surface area contributed by atoms with E-state index in [-0.39, 0.29) is 0 Å². The van der Waals surface area contributed by atoms with Crippen molar-refractivity contribution in [2.24, 2.45) is 0 Å². The van der Waals surface area contributed by atoms with Gasteiger partial charge in [-0.1, -0.05) is 321 Å². The van der Waals surface area contributed by atoms with Crippen molar-refractivity contribution in [1.82, 2.24) is 5.32 Å². The van der Waals surface area contributed by atoms with Crippen LogP contribution < -0.4 is 5.32 Å². The zero-order chi connectivity index (χ0) is 49.5. The summed E-state index contributed by atoms with van der Waals surface area (Å²) in [6.07, 6.45) is 68.7. The molecule has 0 aliphatic rings. The number of carbonyl (C=O) groups excluding carboxylic acids is 1. The molecule has 0 saturated carbocycles. The summed E-state index contributed by atoms with van der Waals surface area (Å²) in [5.41, 5.74) is 0. The van der Waals surface area contributed by atoms with E-state index in [0.29, 0.717) is 12.8 Å². The third-order valence-electron chi connectivity index (χ3n) is 15.0. The van der Waals surface area contributed by atoms with Crippen molar-refractivity contribution in [2.75, 3.05) is 6.61 Å². The van der Waals surface area contributed by atoms with Crippen LogP contribution in [0.3, 0.4) is 0 Å². The Morgan fingerprint density at radius 2 is 0.588 bits per heavy atom. The first-order valence-corrected chi connectivity index (χ1v) is 31.1. The van der Waals surface area contributed by atoms with E-state index in [4.69, 9.17) is 0 Å². The number of unbranched alkanes of at least 4 members (excludes halogenated alkanes) is 47. The Morgan fingerprint density at radius 1 is 0.353 bits per heavy atom. The van der Waals surface area contributed by atoms with Crippen molar-refractivity contribution in [3.05, 3.63) is 12.2 Å². The SMILES string of the molecule is CCCCCCCCCCCCCC/C=C\CCCCCCCCCCCCCCCCC(O)C(=O)NC(CO)C(O)C(O)CCCCCCCCCCCCCCCCCCCCCCCC. The second-order valence-electron chi connectivity index (χ2n) is 21.8. The maximum atomic E-state index is 12.6. The van der Waals surface area contributed by atoms with Crippen molar-refractivity contribution in [1.29, 1.82) is 0 Å². The summed E-state index contributed by atoms with van der Waals surface area (Å²) in [7, 11) is 0. The molecular formula is C62H123NO5. The number of amides is 1. The molecule has 0 aromatic heterocycles. The average molecular weight is 963 g/mol. The Labute approximate surface area is 425 Å². The lowest BCUT2D eigenvalue weighted by Gasteiger charge is -2.27. The average Bonchev–Trinajstić information content (AvgIpc) is 3.34. The van der Waals surface area contributed by atoms with Gasteiger partial charge in [-0.3, -0.25) is 4.79 Å². The first-order valence-electron chi connectivity index (χ1n) is 31.1. The number of aliphatic hydroxyl groups excluding tert-OH is 4. The Hall–Kier alpha value is -0.950. The number of nitrogens with one attached hydrogen (secondary N) is 1. The van der Waals surface area contributed by atoms with E-state index < -0.39 is 36.9 Å². The van der Waals surface area contributed by atoms with E-state index in [1.165, 1.54) is 283 Å². The Kier molecular flexibility index (Phi) is 56.2. The highest BCUT2D eigenvalue weighted by Gasteiger charge is 2.28. The molecule has 0 spiro atoms. The van der Waals surface area contributed by atoms with Crippen LogP contribution >= 0.6 is 0 Å². The highest BCUT2D eigenvalue weighted by atomic mass is 16.3. The Balaban J connectivity index is 3.56. The van der Waals surface area contributed by atoms with Crippen LogP contribution in [-0.2, 0) is 4.79 Å². The van der Waals surface area contributed by atoms with Gasteiger partial charge < -0.3 is 25.7 Å². The smallest absolute Gasteiger partial charge is 0.249 e. The molecule has 6 heteroatoms. The molecule has 0 rings (SSSR count). The number of allylic oxidation sites excluding steroid dienone is 2. The number of rotatable bonds is 58. The minimum Gasteiger partial charge on any atom is -0.394 e. The third-order valence-corrected chi connectivity index (χ3v) is 15.0. The number of aliphatic hydroxyl groups is 4. The van der Waals surface area contributed by atoms with Crippen LogP contribution in [0.25, 0.3) is 0 Å². The lowest BCUT2D eigenvalue weighted by Crippen LogP contribution is -2.53. The summed E-state index contributed by atoms with van der Waals surface area (Å²) in [4.78, 5) is 12.6. The normalized spacial score (nSPS) is 13.7. The summed E-state index contributed by atoms with van der Waals surface area (Å²) in [5.74, 6) is -0.577. The summed E-state index contributed by atoms with van der Waals surface area (Å²) >= 11 is 0. The van der Waals surface area contributed by atoms with E-state index in [1.54, 1.807) is 0 Å². The molecule has 0 heterocycles. The van der Waals surface area contributed by atoms with E-state index >= 15 is 0 Å². The summed E-state index contributed by atoms with van der Waals surface area (Å²) in [6.45, 7) is 4.10. The maximum absolute atomic E-state index is 12.6. The van der Waals surface area contributed by atoms with Crippen molar-refractivity contribution in [3.8, 4) is 0 Å². The van der Waals surface area contributed by atoms with Gasteiger partial charge in [-0.2, -0.15) is 0 Å². The van der Waals surface area contributed by atoms with Crippen LogP contribution in [0.15, 0.2) is 12.2 Å². The predicted molar refractivity (Wildman–Crippen MR) is 298 cm³/mol. The van der Waals surface area contributed by atoms with Gasteiger partial charge in [0.25, 0.3) is 0 Å². The fourth-order valence-corrected chi connectivity index (χ4v) is 10.1. The largest absolute Gasteiger partial charge is 0.394 e. The van der Waals surface area contributed by atoms with E-state index in [2.05, 4.69) is 31.3 Å². The molecule has 4 atom stereocenters. The third kappa shape index (κ3) is 50.0. The van der Waals surface area contributed by atoms with Crippen LogP contribution in [0.1, 0.15) is 348 Å². The quantitative estimate of drug-likeness (QED) is 0.0308. The predicted octanol–water partition coefficient (Wildman–Crippen LogP) is 18.4. The fourth-order valence-electron chi connectivity index (χ4n) is 10.1. The molecule has 0 fully saturated rings. The first-order chi connectivity index (χ1) is 33.5. The summed E-state index contributed by atoms with van der Waals surface area (Å²) in [6, 6.07) is -0.983. The van der Waals surface area contributed by atoms with Gasteiger partial charge in [-0.05, 0) is 38.5 Å². The second-order valence-corrected chi connectivity index (χ2v) is 21.8. The molecule has 0 saturated heterocycles. The molecule has 5 N–H and O–H groups in total. The number of hydrogen-bond donors (Lipinski definition) is 5. The van der Waals surface area contributed by atoms with Gasteiger partial charge in [0.2, 0.25) is 5.91 Å². The molecule has 6 nitrogen and oxygen atoms in total. The van der Waals surface area contributed by atoms with Crippen LogP contribution in [0.4, 0.5) is 0 Å². The molecule has 0 aliphatic heterocycles. The van der Waals surface area contributed by atoms with Gasteiger partial charge in [0, 0.05) is 0 Å². The van der Waals surface area contributed by atoms with E-state index in [0.717, 1.165) is 38.5 Å². The molecule has 0 aromatic carbocycles. The molecule has 1 amide bonds. The highest BCUT2D eigenvalue weighted by molar-refractivity contribution is 5.80. The van der Waals surface area contributed by atoms with Crippen molar-refractivity contribution in [2.45, 2.75) is 372 Å². The maximum Gasteiger partial charge on any atom is 0.249 e. The summed E-state index contributed by atoms with van der Waals surface area (Å²) in [5, 5.41) is 44.1. The van der Waals surface area contributed by atoms with E-state index in [9.17, 15) is 25.2 Å². The molecular weight excluding hydrogens is 839 g/mol. The van der Waals surface area contributed by atoms with Gasteiger partial charge in [0.1, 0.15) is 12.2 Å². The van der Waals surface area contributed by atoms with Crippen LogP contribution in [0, 0.1) is 0 Å². The van der Waals surface area contributed by atoms with E-state index in [1.807, 2.05) is 0 Å². The molecule has 0 radical (unpaired) electrons. The minimum absolute atomic E-state index is 0.373. The Morgan fingerprint density at radius 3 is 0.853 bits per heavy atom. The highest BCUT2D eigenvalue weighted by Crippen LogP contribution is 2.19. The minimum atomic E-state index is -1.26. The fraction of sp³-hybridized carbons (Fsp3) is 0.952. The standard InChI is InChI=1S/C62H123NO5/c1-3-5-7-9-11-13-15-17-19-21-23-25-27-28-29-30-31-32-33-34-36-38-40-42-44-46-48-50-52-54-56-60(66)62(68)63-58(57-64)61(67)59(65)55-53-51-49-47-45-43-41-39-37-35-26-24-22-20-18-16-14-12-10-8-6-4-2/h28-29,58-61,64-67H,3-27,30-57H2,1-2H3,(H,63,68)/b29-28-. The van der Waals surface area contributed by atoms with Gasteiger partial charge in [0.05, 0.1) is 18.8 Å². The van der Waals surface area contributed by atoms with Crippen molar-refractivity contribution < 1.29 is 25.2 Å². The molecule has 0 bridgehead atoms. The number of hydrogen-bond acceptors (Lipinski definition) is 5. The van der Waals surface area contributed by atoms with Crippen molar-refractivity contribution >= 4 is 5.91 Å². The molecule has 0 aromatic rings. The topological polar surface area (TPSA) is 110 Å². The zero-order valence-corrected chi connectivity index (χ0v) is 46.1. The first kappa shape index (κ1) is 67.0. The van der Waals surface area contributed by atoms with Crippen LogP contribution in [0.5, 0.6) is 0 Å². The van der Waals surface area contributed by atoms with Crippen LogP contribution in [0.2, 0.25) is 0 Å². The van der Waals surface area contributed by atoms with Crippen molar-refractivity contribution in [3.63, 3.8) is 0 Å².